The summed E-state index contributed by atoms with van der Waals surface area (Å²) >= 11 is 0. The number of rotatable bonds is 7. The molecular weight excluding hydrogens is 208 g/mol. The average Bonchev–Trinajstić information content (AvgIpc) is 2.74. The minimum Gasteiger partial charge on any atom is -0.315 e. The number of hydrogen-bond acceptors (Lipinski definition) is 2. The molecule has 1 unspecified atom stereocenters. The van der Waals surface area contributed by atoms with Gasteiger partial charge in [-0.15, -0.1) is 0 Å². The first-order valence-electron chi connectivity index (χ1n) is 7.53. The molecule has 2 heteroatoms. The van der Waals surface area contributed by atoms with E-state index < -0.39 is 0 Å². The van der Waals surface area contributed by atoms with Gasteiger partial charge in [0.15, 0.2) is 0 Å². The smallest absolute Gasteiger partial charge is 0.0243 e. The van der Waals surface area contributed by atoms with Crippen LogP contribution in [-0.4, -0.2) is 37.1 Å². The monoisotopic (exact) mass is 240 g/mol. The molecule has 2 nitrogen and oxygen atoms in total. The first-order chi connectivity index (χ1) is 8.08. The summed E-state index contributed by atoms with van der Waals surface area (Å²) in [7, 11) is 0. The van der Waals surface area contributed by atoms with Crippen molar-refractivity contribution in [2.45, 2.75) is 59.9 Å². The molecule has 0 radical (unpaired) electrons. The van der Waals surface area contributed by atoms with Crippen molar-refractivity contribution >= 4 is 0 Å². The Balaban J connectivity index is 2.59. The average molecular weight is 240 g/mol. The summed E-state index contributed by atoms with van der Waals surface area (Å²) in [5.41, 5.74) is 0.610. The van der Waals surface area contributed by atoms with Crippen molar-refractivity contribution in [3.63, 3.8) is 0 Å². The topological polar surface area (TPSA) is 15.3 Å². The number of hydrogen-bond donors (Lipinski definition) is 1. The van der Waals surface area contributed by atoms with Crippen LogP contribution in [0.15, 0.2) is 0 Å². The number of likely N-dealkylation sites (N-methyl/N-ethyl adjacent to an activating group) is 1. The van der Waals surface area contributed by atoms with Crippen LogP contribution in [0.5, 0.6) is 0 Å². The Morgan fingerprint density at radius 1 is 1.18 bits per heavy atom. The molecule has 0 aromatic rings. The summed E-state index contributed by atoms with van der Waals surface area (Å²) in [6.07, 6.45) is 4.08. The fourth-order valence-electron chi connectivity index (χ4n) is 3.16. The van der Waals surface area contributed by atoms with Crippen LogP contribution in [0.2, 0.25) is 0 Å². The van der Waals surface area contributed by atoms with E-state index in [-0.39, 0.29) is 0 Å². The van der Waals surface area contributed by atoms with E-state index in [0.29, 0.717) is 5.41 Å². The molecule has 0 aliphatic carbocycles. The molecule has 1 aliphatic rings. The van der Waals surface area contributed by atoms with Gasteiger partial charge in [-0.2, -0.15) is 0 Å². The lowest BCUT2D eigenvalue weighted by molar-refractivity contribution is 0.157. The molecular formula is C15H32N2. The molecule has 17 heavy (non-hydrogen) atoms. The molecule has 1 rings (SSSR count). The molecule has 1 saturated heterocycles. The number of nitrogens with one attached hydrogen (secondary N) is 1. The minimum atomic E-state index is 0.610. The third-order valence-corrected chi connectivity index (χ3v) is 4.81. The normalized spacial score (nSPS) is 22.2. The summed E-state index contributed by atoms with van der Waals surface area (Å²) in [4.78, 5) is 2.74. The van der Waals surface area contributed by atoms with E-state index in [0.717, 1.165) is 25.0 Å². The highest BCUT2D eigenvalue weighted by atomic mass is 15.2. The predicted octanol–water partition coefficient (Wildman–Crippen LogP) is 3.13. The van der Waals surface area contributed by atoms with Gasteiger partial charge in [-0.05, 0) is 43.7 Å². The van der Waals surface area contributed by atoms with Crippen LogP contribution < -0.4 is 5.32 Å². The van der Waals surface area contributed by atoms with Gasteiger partial charge in [0, 0.05) is 19.1 Å². The zero-order valence-corrected chi connectivity index (χ0v) is 12.6. The van der Waals surface area contributed by atoms with Crippen molar-refractivity contribution in [2.24, 2.45) is 11.3 Å². The Morgan fingerprint density at radius 2 is 1.82 bits per heavy atom. The zero-order valence-electron chi connectivity index (χ0n) is 12.6. The summed E-state index contributed by atoms with van der Waals surface area (Å²) in [6.45, 7) is 16.5. The highest BCUT2D eigenvalue weighted by Gasteiger charge is 2.38. The van der Waals surface area contributed by atoms with Gasteiger partial charge >= 0.3 is 0 Å². The number of nitrogens with zero attached hydrogens (tertiary/aromatic N) is 1. The molecule has 1 aliphatic heterocycles. The molecule has 1 heterocycles. The van der Waals surface area contributed by atoms with E-state index in [2.05, 4.69) is 44.8 Å². The maximum Gasteiger partial charge on any atom is 0.0243 e. The second-order valence-corrected chi connectivity index (χ2v) is 6.05. The zero-order chi connectivity index (χ0) is 12.9. The van der Waals surface area contributed by atoms with E-state index in [4.69, 9.17) is 0 Å². The maximum absolute atomic E-state index is 3.53. The Kier molecular flexibility index (Phi) is 5.94. The molecule has 102 valence electrons. The van der Waals surface area contributed by atoms with Gasteiger partial charge in [0.05, 0.1) is 0 Å². The Morgan fingerprint density at radius 3 is 2.24 bits per heavy atom. The molecule has 0 spiro atoms. The van der Waals surface area contributed by atoms with E-state index in [1.165, 1.54) is 32.4 Å². The summed E-state index contributed by atoms with van der Waals surface area (Å²) < 4.78 is 0. The Hall–Kier alpha value is -0.0800. The van der Waals surface area contributed by atoms with Crippen LogP contribution in [0.4, 0.5) is 0 Å². The molecule has 0 saturated carbocycles. The van der Waals surface area contributed by atoms with Crippen LogP contribution in [0, 0.1) is 11.3 Å². The van der Waals surface area contributed by atoms with Crippen LogP contribution in [-0.2, 0) is 0 Å². The van der Waals surface area contributed by atoms with Crippen LogP contribution >= 0.6 is 0 Å². The van der Waals surface area contributed by atoms with E-state index >= 15 is 0 Å². The van der Waals surface area contributed by atoms with Crippen LogP contribution in [0.1, 0.15) is 53.9 Å². The second-order valence-electron chi connectivity index (χ2n) is 6.05. The third-order valence-electron chi connectivity index (χ3n) is 4.81. The Labute approximate surface area is 108 Å². The van der Waals surface area contributed by atoms with Crippen molar-refractivity contribution in [1.82, 2.24) is 10.2 Å². The standard InChI is InChI=1S/C15H32N2/c1-6-15(7-2)9-10-17(12-15)14(13(4)5)11-16-8-3/h13-14,16H,6-12H2,1-5H3. The van der Waals surface area contributed by atoms with Crippen molar-refractivity contribution in [3.8, 4) is 0 Å². The van der Waals surface area contributed by atoms with Gasteiger partial charge in [0.2, 0.25) is 0 Å². The number of likely N-dealkylation sites (tertiary alicyclic amines) is 1. The molecule has 1 atom stereocenters. The van der Waals surface area contributed by atoms with E-state index in [9.17, 15) is 0 Å². The van der Waals surface area contributed by atoms with Crippen LogP contribution in [0.25, 0.3) is 0 Å². The lowest BCUT2D eigenvalue weighted by Gasteiger charge is -2.33. The van der Waals surface area contributed by atoms with E-state index in [1.807, 2.05) is 0 Å². The SMILES string of the molecule is CCNCC(C(C)C)N1CCC(CC)(CC)C1. The maximum atomic E-state index is 3.53. The van der Waals surface area contributed by atoms with Crippen molar-refractivity contribution < 1.29 is 0 Å². The fraction of sp³-hybridized carbons (Fsp3) is 1.00. The third kappa shape index (κ3) is 3.69. The van der Waals surface area contributed by atoms with Crippen molar-refractivity contribution in [2.75, 3.05) is 26.2 Å². The van der Waals surface area contributed by atoms with Crippen LogP contribution in [0.3, 0.4) is 0 Å². The molecule has 0 aromatic carbocycles. The first kappa shape index (κ1) is 15.0. The quantitative estimate of drug-likeness (QED) is 0.735. The fourth-order valence-corrected chi connectivity index (χ4v) is 3.16. The van der Waals surface area contributed by atoms with Gasteiger partial charge in [0.25, 0.3) is 0 Å². The van der Waals surface area contributed by atoms with Gasteiger partial charge in [-0.1, -0.05) is 34.6 Å². The predicted molar refractivity (Wildman–Crippen MR) is 76.4 cm³/mol. The Bertz CT molecular complexity index is 209. The van der Waals surface area contributed by atoms with E-state index in [1.54, 1.807) is 0 Å². The minimum absolute atomic E-state index is 0.610. The van der Waals surface area contributed by atoms with Crippen molar-refractivity contribution in [3.05, 3.63) is 0 Å². The highest BCUT2D eigenvalue weighted by Crippen LogP contribution is 2.38. The summed E-state index contributed by atoms with van der Waals surface area (Å²) in [5, 5.41) is 3.53. The molecule has 0 bridgehead atoms. The molecule has 0 aromatic heterocycles. The van der Waals surface area contributed by atoms with Gasteiger partial charge in [-0.25, -0.2) is 0 Å². The van der Waals surface area contributed by atoms with Crippen molar-refractivity contribution in [1.29, 1.82) is 0 Å². The first-order valence-corrected chi connectivity index (χ1v) is 7.53. The summed E-state index contributed by atoms with van der Waals surface area (Å²) in [6, 6.07) is 0.718. The lowest BCUT2D eigenvalue weighted by Crippen LogP contribution is -2.45. The highest BCUT2D eigenvalue weighted by molar-refractivity contribution is 4.92. The summed E-state index contributed by atoms with van der Waals surface area (Å²) in [5.74, 6) is 0.749. The second kappa shape index (κ2) is 6.75. The molecule has 1 N–H and O–H groups in total. The largest absolute Gasteiger partial charge is 0.315 e. The van der Waals surface area contributed by atoms with Gasteiger partial charge in [0.1, 0.15) is 0 Å². The van der Waals surface area contributed by atoms with Gasteiger partial charge in [-0.3, -0.25) is 4.90 Å². The van der Waals surface area contributed by atoms with Gasteiger partial charge < -0.3 is 5.32 Å². The molecule has 1 fully saturated rings. The lowest BCUT2D eigenvalue weighted by atomic mass is 9.82. The molecule has 0 amide bonds.